The van der Waals surface area contributed by atoms with Crippen molar-refractivity contribution in [2.45, 2.75) is 32.1 Å². The molecule has 1 fully saturated rings. The summed E-state index contributed by atoms with van der Waals surface area (Å²) >= 11 is 3.53. The molecular formula is C12H13BrO. The molecule has 0 radical (unpaired) electrons. The van der Waals surface area contributed by atoms with Crippen molar-refractivity contribution in [1.29, 1.82) is 0 Å². The minimum absolute atomic E-state index is 0.143. The quantitative estimate of drug-likeness (QED) is 0.747. The first-order chi connectivity index (χ1) is 6.68. The highest BCUT2D eigenvalue weighted by atomic mass is 79.9. The molecular weight excluding hydrogens is 240 g/mol. The van der Waals surface area contributed by atoms with Crippen LogP contribution in [0.4, 0.5) is 0 Å². The van der Waals surface area contributed by atoms with Crippen molar-refractivity contribution in [3.05, 3.63) is 33.8 Å². The molecule has 1 aromatic carbocycles. The van der Waals surface area contributed by atoms with Gasteiger partial charge in [0, 0.05) is 16.8 Å². The van der Waals surface area contributed by atoms with Crippen LogP contribution in [0.25, 0.3) is 0 Å². The Kier molecular flexibility index (Phi) is 2.73. The molecule has 1 saturated carbocycles. The molecule has 0 N–H and O–H groups in total. The Morgan fingerprint density at radius 2 is 2.21 bits per heavy atom. The van der Waals surface area contributed by atoms with E-state index in [-0.39, 0.29) is 5.92 Å². The summed E-state index contributed by atoms with van der Waals surface area (Å²) in [6.07, 6.45) is 2.81. The van der Waals surface area contributed by atoms with Crippen molar-refractivity contribution < 1.29 is 4.79 Å². The van der Waals surface area contributed by atoms with E-state index in [1.807, 2.05) is 0 Å². The van der Waals surface area contributed by atoms with Crippen LogP contribution in [-0.4, -0.2) is 5.78 Å². The van der Waals surface area contributed by atoms with Gasteiger partial charge in [-0.1, -0.05) is 28.1 Å². The average molecular weight is 253 g/mol. The van der Waals surface area contributed by atoms with E-state index < -0.39 is 0 Å². The Bertz CT molecular complexity index is 371. The maximum absolute atomic E-state index is 11.6. The highest BCUT2D eigenvalue weighted by Gasteiger charge is 2.27. The van der Waals surface area contributed by atoms with Crippen molar-refractivity contribution in [2.75, 3.05) is 0 Å². The van der Waals surface area contributed by atoms with Crippen LogP contribution in [0.2, 0.25) is 0 Å². The Morgan fingerprint density at radius 1 is 1.43 bits per heavy atom. The molecule has 0 bridgehead atoms. The van der Waals surface area contributed by atoms with Gasteiger partial charge in [0.1, 0.15) is 5.78 Å². The highest BCUT2D eigenvalue weighted by molar-refractivity contribution is 9.10. The number of aryl methyl sites for hydroxylation is 1. The predicted molar refractivity (Wildman–Crippen MR) is 60.5 cm³/mol. The smallest absolute Gasteiger partial charge is 0.140 e. The summed E-state index contributed by atoms with van der Waals surface area (Å²) < 4.78 is 1.08. The number of carbonyl (C=O) groups excluding carboxylic acids is 1. The summed E-state index contributed by atoms with van der Waals surface area (Å²) in [7, 11) is 0. The Labute approximate surface area is 92.6 Å². The van der Waals surface area contributed by atoms with Gasteiger partial charge in [0.25, 0.3) is 0 Å². The van der Waals surface area contributed by atoms with Crippen LogP contribution < -0.4 is 0 Å². The zero-order valence-electron chi connectivity index (χ0n) is 8.22. The number of ketones is 1. The van der Waals surface area contributed by atoms with Crippen LogP contribution in [0.3, 0.4) is 0 Å². The van der Waals surface area contributed by atoms with E-state index in [1.54, 1.807) is 0 Å². The molecule has 1 aliphatic rings. The lowest BCUT2D eigenvalue weighted by molar-refractivity contribution is -0.118. The van der Waals surface area contributed by atoms with Gasteiger partial charge in [-0.15, -0.1) is 0 Å². The van der Waals surface area contributed by atoms with Crippen LogP contribution in [0.15, 0.2) is 22.7 Å². The lowest BCUT2D eigenvalue weighted by Crippen LogP contribution is -2.04. The number of hydrogen-bond acceptors (Lipinski definition) is 1. The van der Waals surface area contributed by atoms with E-state index in [4.69, 9.17) is 0 Å². The number of rotatable bonds is 1. The lowest BCUT2D eigenvalue weighted by atomic mass is 9.96. The molecule has 2 heteroatoms. The van der Waals surface area contributed by atoms with E-state index in [2.05, 4.69) is 41.1 Å². The molecule has 2 rings (SSSR count). The summed E-state index contributed by atoms with van der Waals surface area (Å²) in [6.45, 7) is 2.06. The fraction of sp³-hybridized carbons (Fsp3) is 0.417. The fourth-order valence-electron chi connectivity index (χ4n) is 2.06. The molecule has 1 nitrogen and oxygen atoms in total. The number of Topliss-reactive ketones (excluding diaryl/α,β-unsaturated/α-hetero) is 1. The zero-order valence-corrected chi connectivity index (χ0v) is 9.80. The SMILES string of the molecule is Cc1ccc(C2CCCC2=O)c(Br)c1. The van der Waals surface area contributed by atoms with E-state index in [9.17, 15) is 4.79 Å². The minimum Gasteiger partial charge on any atom is -0.299 e. The number of hydrogen-bond donors (Lipinski definition) is 0. The number of carbonyl (C=O) groups is 1. The molecule has 1 aromatic rings. The van der Waals surface area contributed by atoms with Gasteiger partial charge < -0.3 is 0 Å². The molecule has 0 amide bonds. The maximum Gasteiger partial charge on any atom is 0.140 e. The van der Waals surface area contributed by atoms with E-state index in [0.717, 1.165) is 29.3 Å². The first-order valence-corrected chi connectivity index (χ1v) is 5.76. The standard InChI is InChI=1S/C12H13BrO/c1-8-5-6-9(11(13)7-8)10-3-2-4-12(10)14/h5-7,10H,2-4H2,1H3. The van der Waals surface area contributed by atoms with Crippen molar-refractivity contribution in [1.82, 2.24) is 0 Å². The summed E-state index contributed by atoms with van der Waals surface area (Å²) in [5, 5.41) is 0. The van der Waals surface area contributed by atoms with Gasteiger partial charge in [0.15, 0.2) is 0 Å². The van der Waals surface area contributed by atoms with Gasteiger partial charge in [0.2, 0.25) is 0 Å². The van der Waals surface area contributed by atoms with Crippen LogP contribution in [-0.2, 0) is 4.79 Å². The van der Waals surface area contributed by atoms with Gasteiger partial charge in [0.05, 0.1) is 0 Å². The Hall–Kier alpha value is -0.630. The lowest BCUT2D eigenvalue weighted by Gasteiger charge is -2.11. The third-order valence-corrected chi connectivity index (χ3v) is 3.52. The van der Waals surface area contributed by atoms with Gasteiger partial charge in [-0.2, -0.15) is 0 Å². The van der Waals surface area contributed by atoms with Crippen molar-refractivity contribution in [2.24, 2.45) is 0 Å². The summed E-state index contributed by atoms with van der Waals surface area (Å²) in [5.74, 6) is 0.541. The molecule has 0 heterocycles. The molecule has 14 heavy (non-hydrogen) atoms. The maximum atomic E-state index is 11.6. The Morgan fingerprint density at radius 3 is 2.79 bits per heavy atom. The van der Waals surface area contributed by atoms with E-state index in [0.29, 0.717) is 5.78 Å². The molecule has 1 atom stereocenters. The van der Waals surface area contributed by atoms with E-state index in [1.165, 1.54) is 5.56 Å². The first-order valence-electron chi connectivity index (χ1n) is 4.97. The third-order valence-electron chi connectivity index (χ3n) is 2.84. The predicted octanol–water partition coefficient (Wildman–Crippen LogP) is 3.59. The number of benzene rings is 1. The Balaban J connectivity index is 2.36. The first kappa shape index (κ1) is 9.91. The normalized spacial score (nSPS) is 21.6. The minimum atomic E-state index is 0.143. The summed E-state index contributed by atoms with van der Waals surface area (Å²) in [5.41, 5.74) is 2.39. The monoisotopic (exact) mass is 252 g/mol. The van der Waals surface area contributed by atoms with E-state index >= 15 is 0 Å². The highest BCUT2D eigenvalue weighted by Crippen LogP contribution is 2.35. The second kappa shape index (κ2) is 3.85. The second-order valence-corrected chi connectivity index (χ2v) is 4.79. The fourth-order valence-corrected chi connectivity index (χ4v) is 2.83. The van der Waals surface area contributed by atoms with Crippen LogP contribution in [0.5, 0.6) is 0 Å². The summed E-state index contributed by atoms with van der Waals surface area (Å²) in [6, 6.07) is 6.24. The molecule has 74 valence electrons. The second-order valence-electron chi connectivity index (χ2n) is 3.94. The van der Waals surface area contributed by atoms with Crippen LogP contribution in [0.1, 0.15) is 36.3 Å². The molecule has 0 aromatic heterocycles. The largest absolute Gasteiger partial charge is 0.299 e. The molecule has 1 unspecified atom stereocenters. The van der Waals surface area contributed by atoms with Crippen LogP contribution in [0, 0.1) is 6.92 Å². The zero-order chi connectivity index (χ0) is 10.1. The topological polar surface area (TPSA) is 17.1 Å². The third kappa shape index (κ3) is 1.76. The number of halogens is 1. The average Bonchev–Trinajstić information content (AvgIpc) is 2.52. The van der Waals surface area contributed by atoms with Crippen molar-refractivity contribution in [3.8, 4) is 0 Å². The van der Waals surface area contributed by atoms with Crippen molar-refractivity contribution >= 4 is 21.7 Å². The summed E-state index contributed by atoms with van der Waals surface area (Å²) in [4.78, 5) is 11.6. The van der Waals surface area contributed by atoms with Gasteiger partial charge in [-0.25, -0.2) is 0 Å². The van der Waals surface area contributed by atoms with Crippen molar-refractivity contribution in [3.63, 3.8) is 0 Å². The van der Waals surface area contributed by atoms with Gasteiger partial charge in [-0.05, 0) is 37.0 Å². The van der Waals surface area contributed by atoms with Gasteiger partial charge >= 0.3 is 0 Å². The molecule has 0 aliphatic heterocycles. The van der Waals surface area contributed by atoms with Crippen LogP contribution >= 0.6 is 15.9 Å². The molecule has 1 aliphatic carbocycles. The molecule has 0 saturated heterocycles. The van der Waals surface area contributed by atoms with Gasteiger partial charge in [-0.3, -0.25) is 4.79 Å². The molecule has 0 spiro atoms.